The van der Waals surface area contributed by atoms with Gasteiger partial charge in [-0.15, -0.1) is 0 Å². The van der Waals surface area contributed by atoms with Crippen LogP contribution in [-0.4, -0.2) is 6.18 Å². The van der Waals surface area contributed by atoms with Crippen LogP contribution in [0.5, 0.6) is 0 Å². The first-order valence-electron chi connectivity index (χ1n) is 4.70. The SMILES string of the molecule is Cc1cc(C(C)(F)C(F)(F)F)cc(C)c1N. The van der Waals surface area contributed by atoms with Crippen molar-refractivity contribution < 1.29 is 17.6 Å². The number of benzene rings is 1. The summed E-state index contributed by atoms with van der Waals surface area (Å²) in [6.07, 6.45) is -4.93. The number of nitrogens with two attached hydrogens (primary N) is 1. The molecule has 0 radical (unpaired) electrons. The fourth-order valence-corrected chi connectivity index (χ4v) is 1.41. The van der Waals surface area contributed by atoms with Gasteiger partial charge in [0.05, 0.1) is 0 Å². The van der Waals surface area contributed by atoms with Crippen molar-refractivity contribution in [3.8, 4) is 0 Å². The van der Waals surface area contributed by atoms with Crippen LogP contribution in [0, 0.1) is 13.8 Å². The van der Waals surface area contributed by atoms with Gasteiger partial charge in [0.25, 0.3) is 0 Å². The molecule has 0 bridgehead atoms. The lowest BCUT2D eigenvalue weighted by Gasteiger charge is -2.25. The van der Waals surface area contributed by atoms with Crippen molar-refractivity contribution in [3.05, 3.63) is 28.8 Å². The molecule has 0 spiro atoms. The largest absolute Gasteiger partial charge is 0.426 e. The summed E-state index contributed by atoms with van der Waals surface area (Å²) in [5.74, 6) is 0. The average Bonchev–Trinajstić information content (AvgIpc) is 2.11. The molecule has 1 nitrogen and oxygen atoms in total. The molecule has 0 aliphatic rings. The van der Waals surface area contributed by atoms with Gasteiger partial charge in [0, 0.05) is 5.69 Å². The molecule has 1 aromatic carbocycles. The van der Waals surface area contributed by atoms with Crippen LogP contribution in [0.2, 0.25) is 0 Å². The molecule has 0 fully saturated rings. The second-order valence-corrected chi connectivity index (χ2v) is 4.02. The minimum atomic E-state index is -4.93. The quantitative estimate of drug-likeness (QED) is 0.583. The number of halogens is 4. The van der Waals surface area contributed by atoms with Crippen molar-refractivity contribution in [1.29, 1.82) is 0 Å². The number of hydrogen-bond donors (Lipinski definition) is 1. The molecular formula is C11H13F4N. The van der Waals surface area contributed by atoms with Crippen molar-refractivity contribution in [3.63, 3.8) is 0 Å². The summed E-state index contributed by atoms with van der Waals surface area (Å²) >= 11 is 0. The Kier molecular flexibility index (Phi) is 2.92. The van der Waals surface area contributed by atoms with E-state index in [9.17, 15) is 17.6 Å². The smallest absolute Gasteiger partial charge is 0.398 e. The van der Waals surface area contributed by atoms with E-state index in [2.05, 4.69) is 0 Å². The standard InChI is InChI=1S/C11H13F4N/c1-6-4-8(5-7(2)9(6)16)10(3,12)11(13,14)15/h4-5H,16H2,1-3H3. The summed E-state index contributed by atoms with van der Waals surface area (Å²) in [5.41, 5.74) is 3.12. The van der Waals surface area contributed by atoms with Gasteiger partial charge < -0.3 is 5.73 Å². The average molecular weight is 235 g/mol. The maximum absolute atomic E-state index is 13.7. The molecule has 2 N–H and O–H groups in total. The van der Waals surface area contributed by atoms with Crippen LogP contribution >= 0.6 is 0 Å². The third-order valence-electron chi connectivity index (χ3n) is 2.67. The lowest BCUT2D eigenvalue weighted by atomic mass is 9.93. The van der Waals surface area contributed by atoms with Gasteiger partial charge in [-0.3, -0.25) is 0 Å². The molecule has 0 aromatic heterocycles. The van der Waals surface area contributed by atoms with Crippen LogP contribution in [0.4, 0.5) is 23.2 Å². The Morgan fingerprint density at radius 1 is 1.00 bits per heavy atom. The Labute approximate surface area is 91.3 Å². The van der Waals surface area contributed by atoms with Crippen molar-refractivity contribution in [2.24, 2.45) is 0 Å². The maximum Gasteiger partial charge on any atom is 0.426 e. The molecule has 0 heterocycles. The lowest BCUT2D eigenvalue weighted by Crippen LogP contribution is -2.35. The first kappa shape index (κ1) is 12.8. The number of alkyl halides is 4. The summed E-state index contributed by atoms with van der Waals surface area (Å²) < 4.78 is 51.1. The van der Waals surface area contributed by atoms with Gasteiger partial charge in [0.2, 0.25) is 5.67 Å². The van der Waals surface area contributed by atoms with E-state index in [0.717, 1.165) is 12.1 Å². The fourth-order valence-electron chi connectivity index (χ4n) is 1.41. The minimum absolute atomic E-state index is 0.390. The predicted molar refractivity (Wildman–Crippen MR) is 54.8 cm³/mol. The maximum atomic E-state index is 13.7. The number of aryl methyl sites for hydroxylation is 2. The molecule has 0 aliphatic carbocycles. The molecule has 0 amide bonds. The minimum Gasteiger partial charge on any atom is -0.398 e. The molecule has 90 valence electrons. The number of anilines is 1. The van der Waals surface area contributed by atoms with Crippen LogP contribution < -0.4 is 5.73 Å². The molecule has 0 saturated carbocycles. The van der Waals surface area contributed by atoms with Gasteiger partial charge in [-0.25, -0.2) is 4.39 Å². The summed E-state index contributed by atoms with van der Waals surface area (Å²) in [6.45, 7) is 3.62. The van der Waals surface area contributed by atoms with Crippen LogP contribution in [0.15, 0.2) is 12.1 Å². The van der Waals surface area contributed by atoms with Crippen LogP contribution in [0.3, 0.4) is 0 Å². The normalized spacial score (nSPS) is 15.9. The van der Waals surface area contributed by atoms with Gasteiger partial charge in [-0.2, -0.15) is 13.2 Å². The molecular weight excluding hydrogens is 222 g/mol. The highest BCUT2D eigenvalue weighted by Crippen LogP contribution is 2.43. The van der Waals surface area contributed by atoms with Crippen LogP contribution in [0.25, 0.3) is 0 Å². The molecule has 1 atom stereocenters. The highest BCUT2D eigenvalue weighted by molar-refractivity contribution is 5.55. The Hall–Kier alpha value is -1.26. The monoisotopic (exact) mass is 235 g/mol. The van der Waals surface area contributed by atoms with Crippen molar-refractivity contribution in [2.75, 3.05) is 5.73 Å². The summed E-state index contributed by atoms with van der Waals surface area (Å²) in [6, 6.07) is 2.27. The zero-order valence-electron chi connectivity index (χ0n) is 9.24. The molecule has 0 aliphatic heterocycles. The van der Waals surface area contributed by atoms with Gasteiger partial charge in [-0.1, -0.05) is 12.1 Å². The molecule has 1 unspecified atom stereocenters. The summed E-state index contributed by atoms with van der Waals surface area (Å²) in [4.78, 5) is 0. The number of nitrogen functional groups attached to an aromatic ring is 1. The van der Waals surface area contributed by atoms with Gasteiger partial charge in [0.15, 0.2) is 0 Å². The third kappa shape index (κ3) is 1.99. The van der Waals surface area contributed by atoms with Crippen molar-refractivity contribution in [2.45, 2.75) is 32.6 Å². The van der Waals surface area contributed by atoms with Crippen LogP contribution in [0.1, 0.15) is 23.6 Å². The zero-order chi connectivity index (χ0) is 12.7. The lowest BCUT2D eigenvalue weighted by molar-refractivity contribution is -0.228. The number of hydrogen-bond acceptors (Lipinski definition) is 1. The topological polar surface area (TPSA) is 26.0 Å². The highest BCUT2D eigenvalue weighted by Gasteiger charge is 2.53. The highest BCUT2D eigenvalue weighted by atomic mass is 19.4. The first-order valence-corrected chi connectivity index (χ1v) is 4.70. The van der Waals surface area contributed by atoms with E-state index >= 15 is 0 Å². The Balaban J connectivity index is 3.35. The molecule has 1 aromatic rings. The molecule has 0 saturated heterocycles. The first-order chi connectivity index (χ1) is 7.07. The Morgan fingerprint density at radius 2 is 1.38 bits per heavy atom. The van der Waals surface area contributed by atoms with E-state index in [1.165, 1.54) is 0 Å². The second kappa shape index (κ2) is 3.64. The predicted octanol–water partition coefficient (Wildman–Crippen LogP) is 3.63. The van der Waals surface area contributed by atoms with Crippen LogP contribution in [-0.2, 0) is 5.67 Å². The summed E-state index contributed by atoms with van der Waals surface area (Å²) in [5, 5.41) is 0. The van der Waals surface area contributed by atoms with E-state index in [1.807, 2.05) is 0 Å². The Morgan fingerprint density at radius 3 is 1.69 bits per heavy atom. The van der Waals surface area contributed by atoms with Crippen molar-refractivity contribution in [1.82, 2.24) is 0 Å². The third-order valence-corrected chi connectivity index (χ3v) is 2.67. The van der Waals surface area contributed by atoms with Gasteiger partial charge in [0.1, 0.15) is 0 Å². The second-order valence-electron chi connectivity index (χ2n) is 4.02. The van der Waals surface area contributed by atoms with E-state index in [-0.39, 0.29) is 0 Å². The molecule has 1 rings (SSSR count). The summed E-state index contributed by atoms with van der Waals surface area (Å²) in [7, 11) is 0. The van der Waals surface area contributed by atoms with E-state index < -0.39 is 17.4 Å². The van der Waals surface area contributed by atoms with E-state index in [0.29, 0.717) is 23.7 Å². The van der Waals surface area contributed by atoms with E-state index in [4.69, 9.17) is 5.73 Å². The van der Waals surface area contributed by atoms with E-state index in [1.54, 1.807) is 13.8 Å². The van der Waals surface area contributed by atoms with Gasteiger partial charge >= 0.3 is 6.18 Å². The van der Waals surface area contributed by atoms with Gasteiger partial charge in [-0.05, 0) is 37.5 Å². The fraction of sp³-hybridized carbons (Fsp3) is 0.455. The molecule has 16 heavy (non-hydrogen) atoms. The van der Waals surface area contributed by atoms with Crippen molar-refractivity contribution >= 4 is 5.69 Å². The Bertz CT molecular complexity index is 384. The molecule has 5 heteroatoms. The zero-order valence-corrected chi connectivity index (χ0v) is 9.24. The number of rotatable bonds is 1.